The Hall–Kier alpha value is -0.170. The highest BCUT2D eigenvalue weighted by Crippen LogP contribution is 2.19. The zero-order valence-electron chi connectivity index (χ0n) is 9.94. The van der Waals surface area contributed by atoms with Crippen molar-refractivity contribution >= 4 is 10.2 Å². The van der Waals surface area contributed by atoms with E-state index in [2.05, 4.69) is 9.44 Å². The van der Waals surface area contributed by atoms with Crippen molar-refractivity contribution in [2.75, 3.05) is 6.54 Å². The Bertz CT molecular complexity index is 297. The van der Waals surface area contributed by atoms with E-state index in [1.807, 2.05) is 13.8 Å². The zero-order chi connectivity index (χ0) is 12.2. The normalized spacial score (nSPS) is 19.0. The molecule has 0 saturated heterocycles. The molecule has 0 aromatic heterocycles. The summed E-state index contributed by atoms with van der Waals surface area (Å²) < 4.78 is 27.8. The Morgan fingerprint density at radius 2 is 1.88 bits per heavy atom. The van der Waals surface area contributed by atoms with E-state index in [1.165, 1.54) is 0 Å². The molecule has 16 heavy (non-hydrogen) atoms. The fraction of sp³-hybridized carbons (Fsp3) is 1.00. The van der Waals surface area contributed by atoms with Crippen LogP contribution in [-0.2, 0) is 10.2 Å². The minimum absolute atomic E-state index is 0.0917. The highest BCUT2D eigenvalue weighted by Gasteiger charge is 2.27. The SMILES string of the molecule is CCC(CC)C(O)CNS(=O)(=O)NC1CC1. The van der Waals surface area contributed by atoms with Crippen molar-refractivity contribution in [2.24, 2.45) is 5.92 Å². The van der Waals surface area contributed by atoms with Crippen LogP contribution < -0.4 is 9.44 Å². The molecule has 5 nitrogen and oxygen atoms in total. The molecule has 6 heteroatoms. The van der Waals surface area contributed by atoms with E-state index in [0.29, 0.717) is 0 Å². The Labute approximate surface area is 97.8 Å². The highest BCUT2D eigenvalue weighted by atomic mass is 32.2. The van der Waals surface area contributed by atoms with Crippen LogP contribution in [0.5, 0.6) is 0 Å². The molecule has 0 spiro atoms. The molecular weight excluding hydrogens is 228 g/mol. The molecule has 1 saturated carbocycles. The third-order valence-electron chi connectivity index (χ3n) is 2.97. The van der Waals surface area contributed by atoms with Crippen LogP contribution in [0.3, 0.4) is 0 Å². The van der Waals surface area contributed by atoms with Gasteiger partial charge in [0.2, 0.25) is 0 Å². The lowest BCUT2D eigenvalue weighted by atomic mass is 9.97. The van der Waals surface area contributed by atoms with Gasteiger partial charge in [0, 0.05) is 12.6 Å². The van der Waals surface area contributed by atoms with Gasteiger partial charge in [0.25, 0.3) is 10.2 Å². The molecule has 0 aromatic rings. The van der Waals surface area contributed by atoms with E-state index in [1.54, 1.807) is 0 Å². The van der Waals surface area contributed by atoms with Gasteiger partial charge in [0.15, 0.2) is 0 Å². The predicted octanol–water partition coefficient (Wildman–Crippen LogP) is 0.370. The number of hydrogen-bond donors (Lipinski definition) is 3. The number of rotatable bonds is 8. The van der Waals surface area contributed by atoms with Crippen LogP contribution in [-0.4, -0.2) is 32.2 Å². The van der Waals surface area contributed by atoms with Gasteiger partial charge in [-0.15, -0.1) is 0 Å². The quantitative estimate of drug-likeness (QED) is 0.582. The molecule has 0 aromatic carbocycles. The molecule has 0 amide bonds. The Kier molecular flexibility index (Phi) is 5.17. The second-order valence-electron chi connectivity index (χ2n) is 4.39. The summed E-state index contributed by atoms with van der Waals surface area (Å²) in [6.45, 7) is 4.08. The lowest BCUT2D eigenvalue weighted by Gasteiger charge is -2.20. The maximum atomic E-state index is 11.5. The molecule has 3 N–H and O–H groups in total. The molecular formula is C10H22N2O3S. The van der Waals surface area contributed by atoms with E-state index >= 15 is 0 Å². The van der Waals surface area contributed by atoms with Gasteiger partial charge in [0.05, 0.1) is 6.10 Å². The Morgan fingerprint density at radius 1 is 1.31 bits per heavy atom. The molecule has 0 bridgehead atoms. The first-order valence-electron chi connectivity index (χ1n) is 5.93. The molecule has 1 unspecified atom stereocenters. The van der Waals surface area contributed by atoms with Crippen LogP contribution in [0.25, 0.3) is 0 Å². The minimum Gasteiger partial charge on any atom is -0.391 e. The van der Waals surface area contributed by atoms with Gasteiger partial charge < -0.3 is 5.11 Å². The summed E-state index contributed by atoms with van der Waals surface area (Å²) in [6.07, 6.45) is 2.93. The van der Waals surface area contributed by atoms with E-state index in [4.69, 9.17) is 0 Å². The van der Waals surface area contributed by atoms with Crippen LogP contribution in [0.1, 0.15) is 39.5 Å². The molecule has 1 aliphatic rings. The summed E-state index contributed by atoms with van der Waals surface area (Å²) in [5.74, 6) is 0.156. The second-order valence-corrected chi connectivity index (χ2v) is 5.92. The van der Waals surface area contributed by atoms with Crippen molar-refractivity contribution in [3.05, 3.63) is 0 Å². The fourth-order valence-electron chi connectivity index (χ4n) is 1.66. The molecule has 1 fully saturated rings. The first-order chi connectivity index (χ1) is 7.48. The molecule has 1 rings (SSSR count). The average Bonchev–Trinajstić information content (AvgIpc) is 3.00. The standard InChI is InChI=1S/C10H22N2O3S/c1-3-8(4-2)10(13)7-11-16(14,15)12-9-5-6-9/h8-13H,3-7H2,1-2H3. The van der Waals surface area contributed by atoms with Crippen molar-refractivity contribution in [1.29, 1.82) is 0 Å². The molecule has 1 aliphatic carbocycles. The molecule has 0 radical (unpaired) electrons. The fourth-order valence-corrected chi connectivity index (χ4v) is 2.80. The molecule has 96 valence electrons. The van der Waals surface area contributed by atoms with Gasteiger partial charge >= 0.3 is 0 Å². The van der Waals surface area contributed by atoms with Crippen molar-refractivity contribution in [2.45, 2.75) is 51.7 Å². The summed E-state index contributed by atoms with van der Waals surface area (Å²) >= 11 is 0. The topological polar surface area (TPSA) is 78.4 Å². The number of hydrogen-bond acceptors (Lipinski definition) is 3. The van der Waals surface area contributed by atoms with Crippen LogP contribution in [0, 0.1) is 5.92 Å². The molecule has 1 atom stereocenters. The lowest BCUT2D eigenvalue weighted by Crippen LogP contribution is -2.43. The van der Waals surface area contributed by atoms with Gasteiger partial charge in [-0.3, -0.25) is 0 Å². The summed E-state index contributed by atoms with van der Waals surface area (Å²) in [5.41, 5.74) is 0. The third kappa shape index (κ3) is 4.78. The van der Waals surface area contributed by atoms with Crippen molar-refractivity contribution in [1.82, 2.24) is 9.44 Å². The minimum atomic E-state index is -3.42. The van der Waals surface area contributed by atoms with Crippen LogP contribution in [0.2, 0.25) is 0 Å². The number of nitrogens with one attached hydrogen (secondary N) is 2. The second kappa shape index (κ2) is 5.95. The predicted molar refractivity (Wildman–Crippen MR) is 63.2 cm³/mol. The first-order valence-corrected chi connectivity index (χ1v) is 7.41. The monoisotopic (exact) mass is 250 g/mol. The highest BCUT2D eigenvalue weighted by molar-refractivity contribution is 7.87. The van der Waals surface area contributed by atoms with Gasteiger partial charge in [-0.05, 0) is 18.8 Å². The van der Waals surface area contributed by atoms with Crippen LogP contribution >= 0.6 is 0 Å². The summed E-state index contributed by atoms with van der Waals surface area (Å²) in [5, 5.41) is 9.77. The van der Waals surface area contributed by atoms with E-state index in [9.17, 15) is 13.5 Å². The number of aliphatic hydroxyl groups is 1. The first kappa shape index (κ1) is 13.9. The van der Waals surface area contributed by atoms with Crippen LogP contribution in [0.4, 0.5) is 0 Å². The largest absolute Gasteiger partial charge is 0.391 e. The third-order valence-corrected chi connectivity index (χ3v) is 4.16. The number of aliphatic hydroxyl groups excluding tert-OH is 1. The summed E-state index contributed by atoms with van der Waals surface area (Å²) in [6, 6.07) is 0.0998. The maximum Gasteiger partial charge on any atom is 0.277 e. The molecule has 0 heterocycles. The van der Waals surface area contributed by atoms with Gasteiger partial charge in [-0.1, -0.05) is 26.7 Å². The van der Waals surface area contributed by atoms with E-state index in [-0.39, 0.29) is 18.5 Å². The smallest absolute Gasteiger partial charge is 0.277 e. The molecule has 0 aliphatic heterocycles. The summed E-state index contributed by atoms with van der Waals surface area (Å²) in [4.78, 5) is 0. The Morgan fingerprint density at radius 3 is 2.31 bits per heavy atom. The van der Waals surface area contributed by atoms with Gasteiger partial charge in [-0.2, -0.15) is 17.9 Å². The average molecular weight is 250 g/mol. The van der Waals surface area contributed by atoms with E-state index in [0.717, 1.165) is 25.7 Å². The maximum absolute atomic E-state index is 11.5. The summed E-state index contributed by atoms with van der Waals surface area (Å²) in [7, 11) is -3.42. The van der Waals surface area contributed by atoms with Crippen LogP contribution in [0.15, 0.2) is 0 Å². The van der Waals surface area contributed by atoms with Crippen molar-refractivity contribution in [3.8, 4) is 0 Å². The lowest BCUT2D eigenvalue weighted by molar-refractivity contribution is 0.107. The zero-order valence-corrected chi connectivity index (χ0v) is 10.8. The van der Waals surface area contributed by atoms with Crippen molar-refractivity contribution < 1.29 is 13.5 Å². The van der Waals surface area contributed by atoms with E-state index < -0.39 is 16.3 Å². The van der Waals surface area contributed by atoms with Gasteiger partial charge in [0.1, 0.15) is 0 Å². The van der Waals surface area contributed by atoms with Crippen molar-refractivity contribution in [3.63, 3.8) is 0 Å². The Balaban J connectivity index is 2.31. The van der Waals surface area contributed by atoms with Gasteiger partial charge in [-0.25, -0.2) is 0 Å².